The first-order valence-electron chi connectivity index (χ1n) is 8.13. The summed E-state index contributed by atoms with van der Waals surface area (Å²) in [5, 5.41) is 7.18. The number of aromatic amines is 1. The number of H-pyrrole nitrogens is 1. The van der Waals surface area contributed by atoms with Crippen molar-refractivity contribution in [3.05, 3.63) is 29.5 Å². The van der Waals surface area contributed by atoms with Gasteiger partial charge in [0.05, 0.1) is 23.3 Å². The highest BCUT2D eigenvalue weighted by Gasteiger charge is 2.21. The van der Waals surface area contributed by atoms with Crippen LogP contribution in [0.3, 0.4) is 0 Å². The molecule has 6 heteroatoms. The fraction of sp³-hybridized carbons (Fsp3) is 0.529. The Hall–Kier alpha value is -2.24. The van der Waals surface area contributed by atoms with Crippen LogP contribution in [-0.4, -0.2) is 44.1 Å². The standard InChI is InChI=1S/C17H23N5O/c1-11-17(12(2)21-20-11)16-10-18-15(9-19-16)8-14-4-6-22(7-5-14)13(3)23/h9-10,14H,4-8H2,1-3H3,(H,20,21). The molecule has 122 valence electrons. The van der Waals surface area contributed by atoms with E-state index in [1.165, 1.54) is 0 Å². The third-order valence-corrected chi connectivity index (χ3v) is 4.65. The summed E-state index contributed by atoms with van der Waals surface area (Å²) in [5.74, 6) is 0.765. The Balaban J connectivity index is 1.64. The third-order valence-electron chi connectivity index (χ3n) is 4.65. The van der Waals surface area contributed by atoms with Crippen LogP contribution in [0.15, 0.2) is 12.4 Å². The summed E-state index contributed by atoms with van der Waals surface area (Å²) in [6, 6.07) is 0. The van der Waals surface area contributed by atoms with Gasteiger partial charge in [0, 0.05) is 37.5 Å². The highest BCUT2D eigenvalue weighted by atomic mass is 16.2. The predicted molar refractivity (Wildman–Crippen MR) is 87.8 cm³/mol. The van der Waals surface area contributed by atoms with Crippen molar-refractivity contribution in [3.63, 3.8) is 0 Å². The van der Waals surface area contributed by atoms with Crippen molar-refractivity contribution in [3.8, 4) is 11.3 Å². The summed E-state index contributed by atoms with van der Waals surface area (Å²) >= 11 is 0. The minimum Gasteiger partial charge on any atom is -0.343 e. The number of aryl methyl sites for hydroxylation is 2. The number of rotatable bonds is 3. The lowest BCUT2D eigenvalue weighted by Crippen LogP contribution is -2.37. The highest BCUT2D eigenvalue weighted by molar-refractivity contribution is 5.73. The molecule has 3 heterocycles. The van der Waals surface area contributed by atoms with Gasteiger partial charge >= 0.3 is 0 Å². The number of likely N-dealkylation sites (tertiary alicyclic amines) is 1. The predicted octanol–water partition coefficient (Wildman–Crippen LogP) is 2.28. The maximum atomic E-state index is 11.4. The number of aromatic nitrogens is 4. The van der Waals surface area contributed by atoms with Gasteiger partial charge < -0.3 is 4.90 Å². The molecular formula is C17H23N5O. The quantitative estimate of drug-likeness (QED) is 0.943. The maximum absolute atomic E-state index is 11.4. The smallest absolute Gasteiger partial charge is 0.219 e. The summed E-state index contributed by atoms with van der Waals surface area (Å²) < 4.78 is 0. The van der Waals surface area contributed by atoms with Gasteiger partial charge in [0.15, 0.2) is 0 Å². The van der Waals surface area contributed by atoms with Gasteiger partial charge in [-0.15, -0.1) is 0 Å². The highest BCUT2D eigenvalue weighted by Crippen LogP contribution is 2.24. The molecule has 23 heavy (non-hydrogen) atoms. The summed E-state index contributed by atoms with van der Waals surface area (Å²) in [7, 11) is 0. The molecule has 3 rings (SSSR count). The molecule has 1 aliphatic heterocycles. The molecule has 0 spiro atoms. The van der Waals surface area contributed by atoms with Crippen molar-refractivity contribution in [2.45, 2.75) is 40.0 Å². The molecule has 1 fully saturated rings. The van der Waals surface area contributed by atoms with Crippen molar-refractivity contribution >= 4 is 5.91 Å². The molecule has 0 aromatic carbocycles. The Kier molecular flexibility index (Phi) is 4.41. The van der Waals surface area contributed by atoms with Crippen molar-refractivity contribution in [1.82, 2.24) is 25.1 Å². The second-order valence-corrected chi connectivity index (χ2v) is 6.36. The van der Waals surface area contributed by atoms with Crippen LogP contribution in [0.25, 0.3) is 11.3 Å². The van der Waals surface area contributed by atoms with Crippen LogP contribution in [0.2, 0.25) is 0 Å². The molecule has 0 aliphatic carbocycles. The van der Waals surface area contributed by atoms with E-state index in [0.717, 1.165) is 60.7 Å². The average molecular weight is 313 g/mol. The van der Waals surface area contributed by atoms with E-state index < -0.39 is 0 Å². The van der Waals surface area contributed by atoms with E-state index in [1.807, 2.05) is 31.1 Å². The summed E-state index contributed by atoms with van der Waals surface area (Å²) in [4.78, 5) is 22.4. The van der Waals surface area contributed by atoms with Gasteiger partial charge in [0.25, 0.3) is 0 Å². The minimum atomic E-state index is 0.179. The Morgan fingerprint density at radius 1 is 1.26 bits per heavy atom. The minimum absolute atomic E-state index is 0.179. The molecule has 0 saturated carbocycles. The zero-order valence-corrected chi connectivity index (χ0v) is 14.0. The van der Waals surface area contributed by atoms with Crippen molar-refractivity contribution in [2.75, 3.05) is 13.1 Å². The first kappa shape index (κ1) is 15.6. The molecule has 2 aromatic heterocycles. The number of amides is 1. The molecule has 0 bridgehead atoms. The van der Waals surface area contributed by atoms with Gasteiger partial charge in [-0.2, -0.15) is 5.10 Å². The van der Waals surface area contributed by atoms with Crippen LogP contribution in [0, 0.1) is 19.8 Å². The van der Waals surface area contributed by atoms with Gasteiger partial charge in [-0.3, -0.25) is 19.9 Å². The summed E-state index contributed by atoms with van der Waals surface area (Å²) in [5.41, 5.74) is 4.89. The molecule has 1 N–H and O–H groups in total. The van der Waals surface area contributed by atoms with Crippen molar-refractivity contribution < 1.29 is 4.79 Å². The lowest BCUT2D eigenvalue weighted by molar-refractivity contribution is -0.130. The number of nitrogens with one attached hydrogen (secondary N) is 1. The summed E-state index contributed by atoms with van der Waals surface area (Å²) in [6.45, 7) is 7.33. The van der Waals surface area contributed by atoms with Crippen molar-refractivity contribution in [1.29, 1.82) is 0 Å². The molecular weight excluding hydrogens is 290 g/mol. The normalized spacial score (nSPS) is 15.9. The second-order valence-electron chi connectivity index (χ2n) is 6.36. The molecule has 6 nitrogen and oxygen atoms in total. The number of carbonyl (C=O) groups excluding carboxylic acids is 1. The number of nitrogens with zero attached hydrogens (tertiary/aromatic N) is 4. The molecule has 1 saturated heterocycles. The number of piperidine rings is 1. The van der Waals surface area contributed by atoms with Crippen LogP contribution in [0.4, 0.5) is 0 Å². The molecule has 2 aromatic rings. The number of hydrogen-bond donors (Lipinski definition) is 1. The van der Waals surface area contributed by atoms with Gasteiger partial charge in [-0.25, -0.2) is 0 Å². The van der Waals surface area contributed by atoms with E-state index in [-0.39, 0.29) is 5.91 Å². The van der Waals surface area contributed by atoms with Gasteiger partial charge in [-0.05, 0) is 39.0 Å². The van der Waals surface area contributed by atoms with Crippen LogP contribution in [0.5, 0.6) is 0 Å². The molecule has 0 unspecified atom stereocenters. The number of hydrogen-bond acceptors (Lipinski definition) is 4. The summed E-state index contributed by atoms with van der Waals surface area (Å²) in [6.07, 6.45) is 6.73. The zero-order valence-electron chi connectivity index (χ0n) is 14.0. The van der Waals surface area contributed by atoms with Crippen LogP contribution in [0.1, 0.15) is 36.8 Å². The van der Waals surface area contributed by atoms with Crippen LogP contribution >= 0.6 is 0 Å². The lowest BCUT2D eigenvalue weighted by Gasteiger charge is -2.31. The van der Waals surface area contributed by atoms with Gasteiger partial charge in [0.2, 0.25) is 5.91 Å². The average Bonchev–Trinajstić information content (AvgIpc) is 2.88. The Morgan fingerprint density at radius 3 is 2.52 bits per heavy atom. The maximum Gasteiger partial charge on any atom is 0.219 e. The van der Waals surface area contributed by atoms with Crippen LogP contribution in [-0.2, 0) is 11.2 Å². The fourth-order valence-corrected chi connectivity index (χ4v) is 3.27. The molecule has 0 radical (unpaired) electrons. The third kappa shape index (κ3) is 3.41. The Morgan fingerprint density at radius 2 is 2.00 bits per heavy atom. The second kappa shape index (κ2) is 6.48. The zero-order chi connectivity index (χ0) is 16.4. The molecule has 1 aliphatic rings. The van der Waals surface area contributed by atoms with Gasteiger partial charge in [-0.1, -0.05) is 0 Å². The van der Waals surface area contributed by atoms with E-state index in [1.54, 1.807) is 6.92 Å². The topological polar surface area (TPSA) is 74.8 Å². The van der Waals surface area contributed by atoms with E-state index in [9.17, 15) is 4.79 Å². The Labute approximate surface area is 136 Å². The SMILES string of the molecule is CC(=O)N1CCC(Cc2cnc(-c3c(C)n[nH]c3C)cn2)CC1. The van der Waals surface area contributed by atoms with E-state index in [4.69, 9.17) is 0 Å². The van der Waals surface area contributed by atoms with Crippen molar-refractivity contribution in [2.24, 2.45) is 5.92 Å². The first-order chi connectivity index (χ1) is 11.0. The molecule has 0 atom stereocenters. The monoisotopic (exact) mass is 313 g/mol. The fourth-order valence-electron chi connectivity index (χ4n) is 3.27. The van der Waals surface area contributed by atoms with E-state index >= 15 is 0 Å². The first-order valence-corrected chi connectivity index (χ1v) is 8.13. The molecule has 1 amide bonds. The Bertz CT molecular complexity index is 664. The van der Waals surface area contributed by atoms with Gasteiger partial charge in [0.1, 0.15) is 0 Å². The lowest BCUT2D eigenvalue weighted by atomic mass is 9.92. The number of carbonyl (C=O) groups is 1. The van der Waals surface area contributed by atoms with E-state index in [0.29, 0.717) is 5.92 Å². The van der Waals surface area contributed by atoms with E-state index in [2.05, 4.69) is 20.2 Å². The van der Waals surface area contributed by atoms with Crippen LogP contribution < -0.4 is 0 Å². The largest absolute Gasteiger partial charge is 0.343 e.